The highest BCUT2D eigenvalue weighted by atomic mass is 32.1. The normalized spacial score (nSPS) is 11.6. The van der Waals surface area contributed by atoms with E-state index in [0.717, 1.165) is 139 Å². The summed E-state index contributed by atoms with van der Waals surface area (Å²) in [7, 11) is 0. The van der Waals surface area contributed by atoms with E-state index >= 15 is 0 Å². The van der Waals surface area contributed by atoms with Crippen molar-refractivity contribution in [2.75, 3.05) is 9.80 Å². The molecule has 0 aliphatic heterocycles. The molecule has 0 bridgehead atoms. The number of anilines is 6. The van der Waals surface area contributed by atoms with Crippen LogP contribution in [0.1, 0.15) is 31.9 Å². The lowest BCUT2D eigenvalue weighted by Gasteiger charge is -2.25. The summed E-state index contributed by atoms with van der Waals surface area (Å²) >= 11 is 4.45. The third kappa shape index (κ3) is 11.6. The molecule has 12 aromatic carbocycles. The third-order valence-electron chi connectivity index (χ3n) is 17.3. The molecule has 9 heteroatoms. The van der Waals surface area contributed by atoms with Crippen LogP contribution in [0.5, 0.6) is 0 Å². The van der Waals surface area contributed by atoms with Crippen LogP contribution in [-0.2, 0) is 0 Å². The van der Waals surface area contributed by atoms with Gasteiger partial charge in [-0.1, -0.05) is 206 Å². The van der Waals surface area contributed by atoms with Gasteiger partial charge in [-0.15, -0.1) is 22.7 Å². The van der Waals surface area contributed by atoms with E-state index in [1.54, 1.807) is 11.3 Å². The number of carbonyl (C=O) groups excluding carboxylic acids is 1. The number of nitrogens with zero attached hydrogens (tertiary/aromatic N) is 5. The van der Waals surface area contributed by atoms with E-state index in [4.69, 9.17) is 8.75 Å². The minimum Gasteiger partial charge on any atom is -0.311 e. The summed E-state index contributed by atoms with van der Waals surface area (Å²) in [4.78, 5) is 20.1. The quantitative estimate of drug-likeness (QED) is 0.0672. The molecule has 4 heterocycles. The van der Waals surface area contributed by atoms with Crippen molar-refractivity contribution in [3.8, 4) is 59.3 Å². The number of hydrogen-bond donors (Lipinski definition) is 0. The van der Waals surface area contributed by atoms with Crippen LogP contribution in [0.3, 0.4) is 0 Å². The van der Waals surface area contributed by atoms with Crippen molar-refractivity contribution in [2.45, 2.75) is 0 Å². The Kier molecular flexibility index (Phi) is 15.7. The average molecular weight is 1260 g/mol. The smallest absolute Gasteiger partial charge is 0.160 e. The molecule has 0 aliphatic carbocycles. The first-order valence-electron chi connectivity index (χ1n) is 31.2. The minimum absolute atomic E-state index is 0.694. The van der Waals surface area contributed by atoms with Crippen molar-refractivity contribution in [3.63, 3.8) is 0 Å². The fourth-order valence-electron chi connectivity index (χ4n) is 12.5. The van der Waals surface area contributed by atoms with Crippen LogP contribution in [0.25, 0.3) is 116 Å². The topological polar surface area (TPSA) is 54.3 Å². The van der Waals surface area contributed by atoms with Crippen LogP contribution in [0.2, 0.25) is 0 Å². The Morgan fingerprint density at radius 3 is 1.06 bits per heavy atom. The number of hydrogen-bond acceptors (Lipinski definition) is 8. The van der Waals surface area contributed by atoms with E-state index < -0.39 is 0 Å². The molecule has 0 amide bonds. The Bertz CT molecular complexity index is 5090. The summed E-state index contributed by atoms with van der Waals surface area (Å²) in [6, 6.07) is 113. The maximum Gasteiger partial charge on any atom is 0.160 e. The number of fused-ring (bicyclic) bond motifs is 4. The number of aromatic nitrogens is 3. The molecule has 0 saturated heterocycles. The lowest BCUT2D eigenvalue weighted by molar-refractivity contribution is 0.112. The second-order valence-electron chi connectivity index (χ2n) is 23.1. The number of rotatable bonds is 17. The lowest BCUT2D eigenvalue weighted by Crippen LogP contribution is -2.09. The summed E-state index contributed by atoms with van der Waals surface area (Å²) in [5, 5.41) is 2.37. The first-order valence-corrected chi connectivity index (χ1v) is 33.6. The number of thiophene rings is 2. The molecule has 16 rings (SSSR count). The molecule has 0 atom stereocenters. The summed E-state index contributed by atoms with van der Waals surface area (Å²) in [6.45, 7) is 0. The van der Waals surface area contributed by atoms with Crippen molar-refractivity contribution >= 4 is 132 Å². The van der Waals surface area contributed by atoms with E-state index in [9.17, 15) is 4.79 Å². The molecular weight excluding hydrogens is 1200 g/mol. The lowest BCUT2D eigenvalue weighted by atomic mass is 9.99. The molecule has 0 saturated carbocycles. The Hall–Kier alpha value is -11.6. The summed E-state index contributed by atoms with van der Waals surface area (Å²) in [5.41, 5.74) is 24.1. The first-order chi connectivity index (χ1) is 46.5. The Morgan fingerprint density at radius 1 is 0.309 bits per heavy atom. The standard InChI is InChI=1S/C85H57N5OS3/c91-57-74-47-52-82(92-74)75-48-49-76(85-84(75)86-94-87-85)83-54-53-81(93-83)64-37-45-73(46-38-64)90-79-50-39-65(62-33-25-58(26-34-62)21-23-60-29-41-71(42-30-60)88(67-13-5-1-6-14-67)68-15-7-2-8-16-68)55-77(79)78-56-66(40-51-80(78)90)63-35-27-59(28-36-63)22-24-61-31-43-72(44-32-61)89(69-17-9-3-10-18-69)70-19-11-4-12-20-70/h1-57H/b23-21+,24-22+. The summed E-state index contributed by atoms with van der Waals surface area (Å²) < 4.78 is 11.9. The number of benzene rings is 12. The SMILES string of the molecule is O=Cc1ccc(-c2ccc(-c3ccc(-c4ccc(-n5c6ccc(-c7ccc(/C=C/c8ccc(N(c9ccccc9)c9ccccc9)cc8)cc7)cc6c6cc(-c7ccc(/C=C/c8ccc(N(c9ccccc9)c9ccccc9)cc8)cc7)ccc65)cc4)s3)c3nsnc23)s1. The van der Waals surface area contributed by atoms with Crippen molar-refractivity contribution in [1.82, 2.24) is 13.3 Å². The van der Waals surface area contributed by atoms with Gasteiger partial charge in [0.2, 0.25) is 0 Å². The van der Waals surface area contributed by atoms with Gasteiger partial charge in [0.15, 0.2) is 6.29 Å². The van der Waals surface area contributed by atoms with Gasteiger partial charge in [0.05, 0.1) is 27.6 Å². The molecule has 0 N–H and O–H groups in total. The molecule has 0 radical (unpaired) electrons. The van der Waals surface area contributed by atoms with Gasteiger partial charge in [0, 0.05) is 76.3 Å². The molecule has 0 unspecified atom stereocenters. The minimum atomic E-state index is 0.694. The van der Waals surface area contributed by atoms with Gasteiger partial charge in [-0.2, -0.15) is 8.75 Å². The third-order valence-corrected chi connectivity index (χ3v) is 20.0. The summed E-state index contributed by atoms with van der Waals surface area (Å²) in [5.74, 6) is 0. The van der Waals surface area contributed by atoms with Gasteiger partial charge in [-0.25, -0.2) is 0 Å². The van der Waals surface area contributed by atoms with E-state index in [1.807, 2.05) is 12.1 Å². The van der Waals surface area contributed by atoms with Crippen LogP contribution in [-0.4, -0.2) is 19.6 Å². The molecule has 0 fully saturated rings. The van der Waals surface area contributed by atoms with Crippen LogP contribution in [0.15, 0.2) is 315 Å². The van der Waals surface area contributed by atoms with Crippen LogP contribution in [0, 0.1) is 0 Å². The molecule has 16 aromatic rings. The van der Waals surface area contributed by atoms with Gasteiger partial charge in [-0.05, 0) is 184 Å². The van der Waals surface area contributed by atoms with Gasteiger partial charge < -0.3 is 14.4 Å². The molecule has 446 valence electrons. The van der Waals surface area contributed by atoms with Crippen LogP contribution in [0.4, 0.5) is 34.1 Å². The zero-order chi connectivity index (χ0) is 62.7. The maximum atomic E-state index is 11.5. The molecule has 6 nitrogen and oxygen atoms in total. The number of carbonyl (C=O) groups is 1. The monoisotopic (exact) mass is 1260 g/mol. The molecule has 94 heavy (non-hydrogen) atoms. The van der Waals surface area contributed by atoms with Crippen molar-refractivity contribution in [3.05, 3.63) is 343 Å². The highest BCUT2D eigenvalue weighted by Crippen LogP contribution is 2.44. The second kappa shape index (κ2) is 25.6. The predicted molar refractivity (Wildman–Crippen MR) is 400 cm³/mol. The largest absolute Gasteiger partial charge is 0.311 e. The van der Waals surface area contributed by atoms with Gasteiger partial charge in [-0.3, -0.25) is 4.79 Å². The number of aldehydes is 1. The first kappa shape index (κ1) is 57.6. The molecule has 0 aliphatic rings. The Labute approximate surface area is 557 Å². The van der Waals surface area contributed by atoms with Crippen LogP contribution >= 0.6 is 34.4 Å². The fraction of sp³-hybridized carbons (Fsp3) is 0. The highest BCUT2D eigenvalue weighted by Gasteiger charge is 2.20. The van der Waals surface area contributed by atoms with Crippen molar-refractivity contribution in [1.29, 1.82) is 0 Å². The molecule has 0 spiro atoms. The van der Waals surface area contributed by atoms with Gasteiger partial charge in [0.25, 0.3) is 0 Å². The highest BCUT2D eigenvalue weighted by molar-refractivity contribution is 7.19. The van der Waals surface area contributed by atoms with Gasteiger partial charge >= 0.3 is 0 Å². The van der Waals surface area contributed by atoms with E-state index in [-0.39, 0.29) is 0 Å². The fourth-order valence-corrected chi connectivity index (χ4v) is 15.0. The Morgan fingerprint density at radius 2 is 0.660 bits per heavy atom. The Balaban J connectivity index is 0.689. The van der Waals surface area contributed by atoms with E-state index in [1.165, 1.54) is 38.7 Å². The second-order valence-corrected chi connectivity index (χ2v) is 25.8. The average Bonchev–Trinajstić information content (AvgIpc) is 1.59. The molecule has 4 aromatic heterocycles. The predicted octanol–water partition coefficient (Wildman–Crippen LogP) is 24.3. The van der Waals surface area contributed by atoms with Crippen LogP contribution < -0.4 is 9.80 Å². The van der Waals surface area contributed by atoms with E-state index in [0.29, 0.717) is 4.88 Å². The summed E-state index contributed by atoms with van der Waals surface area (Å²) in [6.07, 6.45) is 9.65. The number of para-hydroxylation sites is 4. The zero-order valence-electron chi connectivity index (χ0n) is 50.8. The van der Waals surface area contributed by atoms with E-state index in [2.05, 4.69) is 342 Å². The van der Waals surface area contributed by atoms with Crippen molar-refractivity contribution in [2.24, 2.45) is 0 Å². The maximum absolute atomic E-state index is 11.5. The van der Waals surface area contributed by atoms with Crippen molar-refractivity contribution < 1.29 is 4.79 Å². The molecular formula is C85H57N5OS3. The zero-order valence-corrected chi connectivity index (χ0v) is 53.2. The van der Waals surface area contributed by atoms with Gasteiger partial charge in [0.1, 0.15) is 11.0 Å².